The van der Waals surface area contributed by atoms with E-state index in [2.05, 4.69) is 15.7 Å². The van der Waals surface area contributed by atoms with Gasteiger partial charge >= 0.3 is 12.1 Å². The maximum atomic E-state index is 14.8. The van der Waals surface area contributed by atoms with Crippen LogP contribution in [0.5, 0.6) is 0 Å². The molecule has 1 aliphatic heterocycles. The molecule has 0 radical (unpaired) electrons. The molecule has 0 unspecified atom stereocenters. The van der Waals surface area contributed by atoms with E-state index >= 15 is 0 Å². The first-order valence-corrected chi connectivity index (χ1v) is 10.8. The van der Waals surface area contributed by atoms with Gasteiger partial charge in [-0.3, -0.25) is 0 Å². The van der Waals surface area contributed by atoms with Gasteiger partial charge in [0.05, 0.1) is 28.8 Å². The third-order valence-electron chi connectivity index (χ3n) is 5.52. The molecule has 2 heterocycles. The highest BCUT2D eigenvalue weighted by Gasteiger charge is 2.45. The summed E-state index contributed by atoms with van der Waals surface area (Å²) < 4.78 is 34.8. The Morgan fingerprint density at radius 2 is 2.00 bits per heavy atom. The predicted molar refractivity (Wildman–Crippen MR) is 121 cm³/mol. The molecule has 1 aliphatic rings. The highest BCUT2D eigenvalue weighted by Crippen LogP contribution is 2.42. The Morgan fingerprint density at radius 1 is 1.25 bits per heavy atom. The van der Waals surface area contributed by atoms with Gasteiger partial charge in [0.2, 0.25) is 0 Å². The van der Waals surface area contributed by atoms with Crippen molar-refractivity contribution in [2.24, 2.45) is 0 Å². The molecule has 1 N–H and O–H groups in total. The molecule has 0 saturated heterocycles. The first-order valence-electron chi connectivity index (χ1n) is 9.91. The molecule has 2 atom stereocenters. The number of halogens is 2. The maximum absolute atomic E-state index is 14.8. The Morgan fingerprint density at radius 3 is 2.66 bits per heavy atom. The number of hydrogen-bond donors (Lipinski definition) is 1. The molecule has 0 spiro atoms. The Balaban J connectivity index is 1.74. The van der Waals surface area contributed by atoms with Gasteiger partial charge < -0.3 is 5.11 Å². The van der Waals surface area contributed by atoms with Crippen molar-refractivity contribution in [3.05, 3.63) is 75.6 Å². The molecule has 8 heteroatoms. The van der Waals surface area contributed by atoms with Crippen LogP contribution in [-0.4, -0.2) is 40.0 Å². The minimum Gasteiger partial charge on any atom is -0.384 e. The van der Waals surface area contributed by atoms with Crippen LogP contribution in [0.3, 0.4) is 0 Å². The van der Waals surface area contributed by atoms with Crippen molar-refractivity contribution in [3.63, 3.8) is 0 Å². The number of benzene rings is 2. The van der Waals surface area contributed by atoms with Crippen LogP contribution in [0.1, 0.15) is 35.4 Å². The van der Waals surface area contributed by atoms with Crippen molar-refractivity contribution >= 4 is 29.6 Å². The standard InChI is InChI=1S/C24H20F2N4OS/c1-15(23-29-22(13-32-23)17-5-3-16(11-27)4-6-17)24(31,10-19-12-30(2)14-28-19)20-9-18(25)7-8-21(20)26/h3-9,12-15,31H,10H2,1-2H3/q+2/t15-,24+/m0/s1. The van der Waals surface area contributed by atoms with Gasteiger partial charge in [-0.25, -0.2) is 13.8 Å². The normalized spacial score (nSPS) is 15.6. The van der Waals surface area contributed by atoms with E-state index in [4.69, 9.17) is 5.26 Å². The van der Waals surface area contributed by atoms with Crippen LogP contribution in [0.4, 0.5) is 8.78 Å². The Kier molecular flexibility index (Phi) is 5.81. The second-order valence-corrected chi connectivity index (χ2v) is 8.63. The zero-order valence-electron chi connectivity index (χ0n) is 17.5. The lowest BCUT2D eigenvalue weighted by Crippen LogP contribution is -2.36. The van der Waals surface area contributed by atoms with Gasteiger partial charge in [-0.2, -0.15) is 5.26 Å². The van der Waals surface area contributed by atoms with E-state index in [1.165, 1.54) is 11.3 Å². The number of nitriles is 1. The van der Waals surface area contributed by atoms with E-state index in [-0.39, 0.29) is 12.0 Å². The number of nitrogens with zero attached hydrogens (tertiary/aromatic N) is 4. The van der Waals surface area contributed by atoms with Gasteiger partial charge in [0.25, 0.3) is 6.21 Å². The van der Waals surface area contributed by atoms with Crippen LogP contribution < -0.4 is 4.67 Å². The van der Waals surface area contributed by atoms with Crippen molar-refractivity contribution in [2.75, 3.05) is 7.05 Å². The molecule has 1 aromatic heterocycles. The topological polar surface area (TPSA) is 74.0 Å². The molecule has 0 fully saturated rings. The van der Waals surface area contributed by atoms with E-state index in [1.54, 1.807) is 55.4 Å². The summed E-state index contributed by atoms with van der Waals surface area (Å²) in [5.74, 6) is -1.98. The molecule has 2 aromatic carbocycles. The van der Waals surface area contributed by atoms with Gasteiger partial charge in [-0.05, 0) is 35.0 Å². The van der Waals surface area contributed by atoms with Crippen LogP contribution in [0.2, 0.25) is 0 Å². The third-order valence-corrected chi connectivity index (χ3v) is 6.55. The molecule has 3 aromatic rings. The second kappa shape index (κ2) is 8.56. The fourth-order valence-electron chi connectivity index (χ4n) is 3.68. The lowest BCUT2D eigenvalue weighted by atomic mass is 9.78. The summed E-state index contributed by atoms with van der Waals surface area (Å²) in [4.78, 5) is 4.66. The van der Waals surface area contributed by atoms with Gasteiger partial charge in [0, 0.05) is 22.4 Å². The highest BCUT2D eigenvalue weighted by atomic mass is 32.1. The highest BCUT2D eigenvalue weighted by molar-refractivity contribution is 7.10. The minimum atomic E-state index is -1.78. The van der Waals surface area contributed by atoms with Crippen molar-refractivity contribution in [1.82, 2.24) is 9.65 Å². The fraction of sp³-hybridized carbons (Fsp3) is 0.208. The molecule has 160 valence electrons. The summed E-state index contributed by atoms with van der Waals surface area (Å²) in [7, 11) is 1.80. The molecular weight excluding hydrogens is 430 g/mol. The zero-order chi connectivity index (χ0) is 22.9. The Labute approximate surface area is 188 Å². The zero-order valence-corrected chi connectivity index (χ0v) is 18.3. The molecular formula is C24H20F2N4OS+2. The van der Waals surface area contributed by atoms with Crippen molar-refractivity contribution in [1.29, 1.82) is 5.26 Å². The van der Waals surface area contributed by atoms with E-state index in [1.807, 2.05) is 5.38 Å². The summed E-state index contributed by atoms with van der Waals surface area (Å²) in [5, 5.41) is 23.2. The summed E-state index contributed by atoms with van der Waals surface area (Å²) in [5.41, 5.74) is 0.689. The second-order valence-electron chi connectivity index (χ2n) is 7.74. The van der Waals surface area contributed by atoms with E-state index in [0.717, 1.165) is 23.8 Å². The lowest BCUT2D eigenvalue weighted by molar-refractivity contribution is -0.351. The molecule has 0 saturated carbocycles. The quantitative estimate of drug-likeness (QED) is 0.461. The molecule has 5 nitrogen and oxygen atoms in total. The number of aliphatic hydroxyl groups is 1. The summed E-state index contributed by atoms with van der Waals surface area (Å²) in [6, 6.07) is 12.2. The Bertz CT molecular complexity index is 1320. The van der Waals surface area contributed by atoms with Crippen LogP contribution in [-0.2, 0) is 5.60 Å². The summed E-state index contributed by atoms with van der Waals surface area (Å²) in [6.07, 6.45) is 3.31. The molecule has 4 rings (SSSR count). The SMILES string of the molecule is C[C@@H](c1nc(-c2ccc(C#N)cc2)cs1)[C@](O)(CC1=[N+]=C[N+](C)=C1)c1cc(F)ccc1F. The third kappa shape index (κ3) is 4.14. The van der Waals surface area contributed by atoms with Crippen LogP contribution in [0.25, 0.3) is 11.3 Å². The number of aromatic nitrogens is 1. The number of rotatable bonds is 6. The van der Waals surface area contributed by atoms with E-state index in [0.29, 0.717) is 22.0 Å². The average Bonchev–Trinajstić information content (AvgIpc) is 3.44. The minimum absolute atomic E-state index is 0.0127. The van der Waals surface area contributed by atoms with E-state index in [9.17, 15) is 13.9 Å². The first-order chi connectivity index (χ1) is 15.3. The van der Waals surface area contributed by atoms with Crippen molar-refractivity contribution in [3.8, 4) is 17.3 Å². The van der Waals surface area contributed by atoms with Gasteiger partial charge in [0.15, 0.2) is 0 Å². The van der Waals surface area contributed by atoms with E-state index < -0.39 is 23.2 Å². The molecule has 0 amide bonds. The van der Waals surface area contributed by atoms with Gasteiger partial charge in [-0.1, -0.05) is 19.1 Å². The molecule has 0 aliphatic carbocycles. The van der Waals surface area contributed by atoms with Crippen molar-refractivity contribution in [2.45, 2.75) is 24.9 Å². The van der Waals surface area contributed by atoms with Crippen LogP contribution in [0, 0.1) is 23.0 Å². The number of thiazole rings is 1. The summed E-state index contributed by atoms with van der Waals surface area (Å²) >= 11 is 1.33. The van der Waals surface area contributed by atoms with Crippen molar-refractivity contribution < 1.29 is 18.5 Å². The Hall–Kier alpha value is -3.50. The first kappa shape index (κ1) is 21.7. The summed E-state index contributed by atoms with van der Waals surface area (Å²) in [6.45, 7) is 1.74. The van der Waals surface area contributed by atoms with Gasteiger partial charge in [0.1, 0.15) is 24.3 Å². The maximum Gasteiger partial charge on any atom is 0.521 e. The largest absolute Gasteiger partial charge is 0.521 e. The molecule has 32 heavy (non-hydrogen) atoms. The predicted octanol–water partition coefficient (Wildman–Crippen LogP) is 3.60. The fourth-order valence-corrected chi connectivity index (χ4v) is 4.66. The average molecular weight is 451 g/mol. The lowest BCUT2D eigenvalue weighted by Gasteiger charge is -2.32. The monoisotopic (exact) mass is 450 g/mol. The molecule has 0 bridgehead atoms. The van der Waals surface area contributed by atoms with Crippen LogP contribution in [0.15, 0.2) is 47.8 Å². The van der Waals surface area contributed by atoms with Crippen LogP contribution >= 0.6 is 11.3 Å². The smallest absolute Gasteiger partial charge is 0.384 e. The number of hydrogen-bond acceptors (Lipinski definition) is 4. The van der Waals surface area contributed by atoms with Gasteiger partial charge in [-0.15, -0.1) is 15.9 Å².